The highest BCUT2D eigenvalue weighted by Gasteiger charge is 2.42. The molecule has 0 heterocycles. The lowest BCUT2D eigenvalue weighted by molar-refractivity contribution is 0.713. The van der Waals surface area contributed by atoms with Crippen molar-refractivity contribution in [2.24, 2.45) is 0 Å². The van der Waals surface area contributed by atoms with Crippen LogP contribution in [0.3, 0.4) is 0 Å². The van der Waals surface area contributed by atoms with E-state index in [-0.39, 0.29) is 5.41 Å². The molecule has 0 aliphatic heterocycles. The predicted molar refractivity (Wildman–Crippen MR) is 217 cm³/mol. The second-order valence-corrected chi connectivity index (χ2v) is 14.5. The average molecular weight is 661 g/mol. The number of nitrogens with zero attached hydrogens (tertiary/aromatic N) is 2. The van der Waals surface area contributed by atoms with Crippen LogP contribution in [0.15, 0.2) is 158 Å². The first-order chi connectivity index (χ1) is 24.7. The molecule has 0 fully saturated rings. The zero-order valence-corrected chi connectivity index (χ0v) is 30.4. The average Bonchev–Trinajstić information content (AvgIpc) is 3.39. The Morgan fingerprint density at radius 2 is 0.667 bits per heavy atom. The van der Waals surface area contributed by atoms with Crippen LogP contribution in [0.5, 0.6) is 0 Å². The van der Waals surface area contributed by atoms with Crippen molar-refractivity contribution in [1.82, 2.24) is 0 Å². The maximum absolute atomic E-state index is 2.44. The van der Waals surface area contributed by atoms with Crippen LogP contribution in [-0.2, 0) is 5.41 Å². The molecule has 7 aromatic rings. The Hall–Kier alpha value is -5.86. The van der Waals surface area contributed by atoms with E-state index in [2.05, 4.69) is 209 Å². The molecule has 8 rings (SSSR count). The lowest BCUT2D eigenvalue weighted by Crippen LogP contribution is -2.23. The Balaban J connectivity index is 1.33. The lowest BCUT2D eigenvalue weighted by Gasteiger charge is -2.32. The fourth-order valence-electron chi connectivity index (χ4n) is 7.72. The predicted octanol–water partition coefficient (Wildman–Crippen LogP) is 13.5. The summed E-state index contributed by atoms with van der Waals surface area (Å²) >= 11 is 0. The molecule has 2 heteroatoms. The molecule has 7 aromatic carbocycles. The number of rotatable bonds is 7. The third-order valence-electron chi connectivity index (χ3n) is 10.7. The first-order valence-electron chi connectivity index (χ1n) is 17.9. The highest BCUT2D eigenvalue weighted by atomic mass is 15.1. The van der Waals surface area contributed by atoms with Gasteiger partial charge in [0.15, 0.2) is 0 Å². The van der Waals surface area contributed by atoms with E-state index in [9.17, 15) is 0 Å². The summed E-state index contributed by atoms with van der Waals surface area (Å²) < 4.78 is 0. The van der Waals surface area contributed by atoms with Crippen molar-refractivity contribution < 1.29 is 0 Å². The maximum atomic E-state index is 2.44. The number of anilines is 6. The van der Waals surface area contributed by atoms with Crippen molar-refractivity contribution in [2.75, 3.05) is 9.80 Å². The second kappa shape index (κ2) is 12.8. The van der Waals surface area contributed by atoms with Crippen LogP contribution in [0, 0.1) is 34.6 Å². The van der Waals surface area contributed by atoms with Crippen LogP contribution in [-0.4, -0.2) is 0 Å². The van der Waals surface area contributed by atoms with E-state index >= 15 is 0 Å². The quantitative estimate of drug-likeness (QED) is 0.168. The van der Waals surface area contributed by atoms with Gasteiger partial charge in [-0.05, 0) is 142 Å². The minimum absolute atomic E-state index is 0.388. The SMILES string of the molecule is Cc1ccc(N(c2ccc(C)cc2)c2ccc3c(c2)C(C)(c2cccc(C)c2)c2cc(N(c4ccc(C)cc4)c4ccc(C)cc4)ccc2-3)cc1. The Morgan fingerprint density at radius 1 is 0.333 bits per heavy atom. The van der Waals surface area contributed by atoms with E-state index in [1.807, 2.05) is 0 Å². The van der Waals surface area contributed by atoms with Crippen LogP contribution in [0.1, 0.15) is 51.4 Å². The fraction of sp³-hybridized carbons (Fsp3) is 0.143. The summed E-state index contributed by atoms with van der Waals surface area (Å²) in [5.74, 6) is 0. The van der Waals surface area contributed by atoms with E-state index < -0.39 is 0 Å². The van der Waals surface area contributed by atoms with E-state index in [1.54, 1.807) is 0 Å². The summed E-state index contributed by atoms with van der Waals surface area (Å²) in [4.78, 5) is 4.78. The molecule has 0 spiro atoms. The van der Waals surface area contributed by atoms with E-state index in [1.165, 1.54) is 55.6 Å². The molecule has 250 valence electrons. The molecular weight excluding hydrogens is 617 g/mol. The van der Waals surface area contributed by atoms with E-state index in [4.69, 9.17) is 0 Å². The van der Waals surface area contributed by atoms with Crippen LogP contribution < -0.4 is 9.80 Å². The van der Waals surface area contributed by atoms with E-state index in [0.29, 0.717) is 0 Å². The van der Waals surface area contributed by atoms with Gasteiger partial charge in [0.2, 0.25) is 0 Å². The normalized spacial score (nSPS) is 12.7. The lowest BCUT2D eigenvalue weighted by atomic mass is 9.73. The monoisotopic (exact) mass is 660 g/mol. The minimum Gasteiger partial charge on any atom is -0.310 e. The van der Waals surface area contributed by atoms with Crippen molar-refractivity contribution in [3.05, 3.63) is 202 Å². The summed E-state index contributed by atoms with van der Waals surface area (Å²) in [7, 11) is 0. The van der Waals surface area contributed by atoms with Gasteiger partial charge in [-0.2, -0.15) is 0 Å². The molecule has 0 bridgehead atoms. The number of fused-ring (bicyclic) bond motifs is 3. The van der Waals surface area contributed by atoms with Gasteiger partial charge in [-0.15, -0.1) is 0 Å². The second-order valence-electron chi connectivity index (χ2n) is 14.5. The molecule has 1 aliphatic rings. The molecule has 0 amide bonds. The molecule has 0 saturated heterocycles. The van der Waals surface area contributed by atoms with Gasteiger partial charge in [0.1, 0.15) is 0 Å². The minimum atomic E-state index is -0.388. The largest absolute Gasteiger partial charge is 0.310 e. The first kappa shape index (κ1) is 32.4. The van der Waals surface area contributed by atoms with Crippen molar-refractivity contribution in [1.29, 1.82) is 0 Å². The van der Waals surface area contributed by atoms with Gasteiger partial charge in [0.05, 0.1) is 0 Å². The summed E-state index contributed by atoms with van der Waals surface area (Å²) in [6.45, 7) is 13.2. The summed E-state index contributed by atoms with van der Waals surface area (Å²) in [6, 6.07) is 58.7. The molecule has 2 nitrogen and oxygen atoms in total. The number of aryl methyl sites for hydroxylation is 5. The third kappa shape index (κ3) is 5.81. The molecule has 0 atom stereocenters. The Morgan fingerprint density at radius 3 is 1.00 bits per heavy atom. The standard InChI is InChI=1S/C49H44N2/c1-33-10-18-39(19-11-33)50(40-20-12-34(2)13-21-40)43-26-28-45-46-29-27-44(32-48(46)49(6,47(45)31-43)38-9-7-8-37(5)30-38)51(41-22-14-35(3)15-23-41)42-24-16-36(4)17-25-42/h7-32H,1-6H3. The van der Waals surface area contributed by atoms with Gasteiger partial charge in [0.25, 0.3) is 0 Å². The third-order valence-corrected chi connectivity index (χ3v) is 10.7. The first-order valence-corrected chi connectivity index (χ1v) is 17.9. The van der Waals surface area contributed by atoms with Gasteiger partial charge in [-0.25, -0.2) is 0 Å². The Labute approximate surface area is 303 Å². The molecule has 0 aromatic heterocycles. The highest BCUT2D eigenvalue weighted by molar-refractivity contribution is 5.90. The van der Waals surface area contributed by atoms with E-state index in [0.717, 1.165) is 34.1 Å². The van der Waals surface area contributed by atoms with Crippen molar-refractivity contribution in [2.45, 2.75) is 47.0 Å². The topological polar surface area (TPSA) is 6.48 Å². The molecule has 0 unspecified atom stereocenters. The zero-order chi connectivity index (χ0) is 35.3. The smallest absolute Gasteiger partial charge is 0.0465 e. The molecular formula is C49H44N2. The highest BCUT2D eigenvalue weighted by Crippen LogP contribution is 2.55. The van der Waals surface area contributed by atoms with Gasteiger partial charge in [0, 0.05) is 39.5 Å². The van der Waals surface area contributed by atoms with Gasteiger partial charge < -0.3 is 9.80 Å². The molecule has 51 heavy (non-hydrogen) atoms. The summed E-state index contributed by atoms with van der Waals surface area (Å²) in [6.07, 6.45) is 0. The summed E-state index contributed by atoms with van der Waals surface area (Å²) in [5, 5.41) is 0. The van der Waals surface area contributed by atoms with Crippen LogP contribution in [0.4, 0.5) is 34.1 Å². The van der Waals surface area contributed by atoms with Crippen LogP contribution in [0.2, 0.25) is 0 Å². The Kier molecular flexibility index (Phi) is 8.11. The number of hydrogen-bond acceptors (Lipinski definition) is 2. The fourth-order valence-corrected chi connectivity index (χ4v) is 7.72. The van der Waals surface area contributed by atoms with Gasteiger partial charge in [-0.1, -0.05) is 113 Å². The molecule has 1 aliphatic carbocycles. The van der Waals surface area contributed by atoms with Crippen LogP contribution in [0.25, 0.3) is 11.1 Å². The molecule has 0 N–H and O–H groups in total. The zero-order valence-electron chi connectivity index (χ0n) is 30.4. The van der Waals surface area contributed by atoms with Crippen molar-refractivity contribution in [3.8, 4) is 11.1 Å². The maximum Gasteiger partial charge on any atom is 0.0465 e. The molecule has 0 radical (unpaired) electrons. The Bertz CT molecular complexity index is 2110. The number of hydrogen-bond donors (Lipinski definition) is 0. The van der Waals surface area contributed by atoms with Gasteiger partial charge >= 0.3 is 0 Å². The van der Waals surface area contributed by atoms with Crippen LogP contribution >= 0.6 is 0 Å². The number of benzene rings is 7. The van der Waals surface area contributed by atoms with Crippen molar-refractivity contribution >= 4 is 34.1 Å². The molecule has 0 saturated carbocycles. The van der Waals surface area contributed by atoms with Gasteiger partial charge in [-0.3, -0.25) is 0 Å². The summed E-state index contributed by atoms with van der Waals surface area (Å²) in [5.41, 5.74) is 19.3. The van der Waals surface area contributed by atoms with Crippen molar-refractivity contribution in [3.63, 3.8) is 0 Å².